The second-order valence-electron chi connectivity index (χ2n) is 9.59. The Morgan fingerprint density at radius 2 is 1.70 bits per heavy atom. The van der Waals surface area contributed by atoms with Gasteiger partial charge in [-0.25, -0.2) is 0 Å². The Morgan fingerprint density at radius 3 is 2.42 bits per heavy atom. The third-order valence-corrected chi connectivity index (χ3v) is 5.78. The van der Waals surface area contributed by atoms with Crippen LogP contribution in [0, 0.1) is 0 Å². The number of aromatic nitrogens is 1. The van der Waals surface area contributed by atoms with E-state index in [-0.39, 0.29) is 24.3 Å². The van der Waals surface area contributed by atoms with Gasteiger partial charge in [-0.2, -0.15) is 0 Å². The molecule has 0 radical (unpaired) electrons. The summed E-state index contributed by atoms with van der Waals surface area (Å²) in [5, 5.41) is 6.83. The fraction of sp³-hybridized carbons (Fsp3) is 0.346. The van der Waals surface area contributed by atoms with Crippen LogP contribution in [-0.2, 0) is 27.2 Å². The van der Waals surface area contributed by atoms with Gasteiger partial charge in [0.25, 0.3) is 0 Å². The summed E-state index contributed by atoms with van der Waals surface area (Å²) in [6.45, 7) is 5.50. The largest absolute Gasteiger partial charge is 0.361 e. The van der Waals surface area contributed by atoms with Crippen molar-refractivity contribution < 1.29 is 14.4 Å². The van der Waals surface area contributed by atoms with Crippen molar-refractivity contribution in [3.05, 3.63) is 71.9 Å². The molecule has 2 aromatic carbocycles. The van der Waals surface area contributed by atoms with E-state index in [0.29, 0.717) is 12.8 Å². The fourth-order valence-electron chi connectivity index (χ4n) is 4.32. The molecule has 1 aromatic heterocycles. The first-order chi connectivity index (χ1) is 15.7. The first-order valence-electron chi connectivity index (χ1n) is 11.2. The fourth-order valence-corrected chi connectivity index (χ4v) is 4.32. The lowest BCUT2D eigenvalue weighted by molar-refractivity contribution is -0.151. The number of hydrogen-bond donors (Lipinski definition) is 3. The Labute approximate surface area is 193 Å². The topological polar surface area (TPSA) is 94.3 Å². The SMILES string of the molecule is CC(C)(C)NC(=O)CN1C(=O)C(Cc2c[nH]c3ccccc23)NC(=O)C1Cc1ccccc1. The van der Waals surface area contributed by atoms with Gasteiger partial charge in [0.1, 0.15) is 18.6 Å². The standard InChI is InChI=1S/C26H30N4O3/c1-26(2,3)29-23(31)16-30-22(13-17-9-5-4-6-10-17)24(32)28-21(25(30)33)14-18-15-27-20-12-8-7-11-19(18)20/h4-12,15,21-22,27H,13-14,16H2,1-3H3,(H,28,32)(H,29,31). The number of H-pyrrole nitrogens is 1. The summed E-state index contributed by atoms with van der Waals surface area (Å²) in [6.07, 6.45) is 2.57. The Kier molecular flexibility index (Phi) is 6.22. The Hall–Kier alpha value is -3.61. The number of rotatable bonds is 6. The van der Waals surface area contributed by atoms with Crippen LogP contribution in [0.2, 0.25) is 0 Å². The highest BCUT2D eigenvalue weighted by molar-refractivity contribution is 5.99. The van der Waals surface area contributed by atoms with Crippen LogP contribution < -0.4 is 10.6 Å². The number of para-hydroxylation sites is 1. The Balaban J connectivity index is 1.59. The molecule has 1 aliphatic rings. The van der Waals surface area contributed by atoms with Crippen molar-refractivity contribution in [2.45, 2.75) is 51.2 Å². The smallest absolute Gasteiger partial charge is 0.246 e. The van der Waals surface area contributed by atoms with E-state index in [2.05, 4.69) is 15.6 Å². The molecule has 4 rings (SSSR count). The van der Waals surface area contributed by atoms with Gasteiger partial charge in [0, 0.05) is 35.5 Å². The zero-order valence-electron chi connectivity index (χ0n) is 19.2. The van der Waals surface area contributed by atoms with E-state index in [0.717, 1.165) is 22.0 Å². The molecule has 1 saturated heterocycles. The number of aromatic amines is 1. The summed E-state index contributed by atoms with van der Waals surface area (Å²) < 4.78 is 0. The first-order valence-corrected chi connectivity index (χ1v) is 11.2. The monoisotopic (exact) mass is 446 g/mol. The van der Waals surface area contributed by atoms with Gasteiger partial charge in [-0.05, 0) is 38.0 Å². The lowest BCUT2D eigenvalue weighted by Crippen LogP contribution is -2.66. The summed E-state index contributed by atoms with van der Waals surface area (Å²) in [5.41, 5.74) is 2.42. The van der Waals surface area contributed by atoms with Crippen molar-refractivity contribution in [3.63, 3.8) is 0 Å². The molecule has 0 saturated carbocycles. The molecule has 2 heterocycles. The summed E-state index contributed by atoms with van der Waals surface area (Å²) in [5.74, 6) is -0.772. The molecule has 3 N–H and O–H groups in total. The zero-order chi connectivity index (χ0) is 23.6. The summed E-state index contributed by atoms with van der Waals surface area (Å²) in [6, 6.07) is 15.9. The normalized spacial score (nSPS) is 18.9. The van der Waals surface area contributed by atoms with Crippen LogP contribution in [0.4, 0.5) is 0 Å². The number of nitrogens with one attached hydrogen (secondary N) is 3. The number of fused-ring (bicyclic) bond motifs is 1. The van der Waals surface area contributed by atoms with E-state index in [1.54, 1.807) is 0 Å². The van der Waals surface area contributed by atoms with Crippen LogP contribution in [0.3, 0.4) is 0 Å². The summed E-state index contributed by atoms with van der Waals surface area (Å²) in [7, 11) is 0. The predicted octanol–water partition coefficient (Wildman–Crippen LogP) is 2.56. The molecule has 3 aromatic rings. The number of piperazine rings is 1. The minimum Gasteiger partial charge on any atom is -0.361 e. The number of nitrogens with zero attached hydrogens (tertiary/aromatic N) is 1. The number of benzene rings is 2. The molecule has 172 valence electrons. The van der Waals surface area contributed by atoms with Crippen LogP contribution in [-0.4, -0.2) is 51.8 Å². The number of carbonyl (C=O) groups excluding carboxylic acids is 3. The average molecular weight is 447 g/mol. The maximum absolute atomic E-state index is 13.6. The van der Waals surface area contributed by atoms with Gasteiger partial charge in [-0.3, -0.25) is 14.4 Å². The maximum Gasteiger partial charge on any atom is 0.246 e. The Bertz CT molecular complexity index is 1160. The van der Waals surface area contributed by atoms with E-state index in [1.807, 2.05) is 81.6 Å². The van der Waals surface area contributed by atoms with Crippen molar-refractivity contribution in [2.24, 2.45) is 0 Å². The average Bonchev–Trinajstić information content (AvgIpc) is 3.16. The van der Waals surface area contributed by atoms with Gasteiger partial charge in [0.15, 0.2) is 0 Å². The van der Waals surface area contributed by atoms with Gasteiger partial charge in [0.05, 0.1) is 0 Å². The minimum absolute atomic E-state index is 0.161. The van der Waals surface area contributed by atoms with Crippen LogP contribution in [0.25, 0.3) is 10.9 Å². The van der Waals surface area contributed by atoms with Crippen molar-refractivity contribution in [2.75, 3.05) is 6.54 Å². The van der Waals surface area contributed by atoms with Gasteiger partial charge in [-0.15, -0.1) is 0 Å². The van der Waals surface area contributed by atoms with Gasteiger partial charge < -0.3 is 20.5 Å². The highest BCUT2D eigenvalue weighted by Gasteiger charge is 2.41. The van der Waals surface area contributed by atoms with E-state index < -0.39 is 17.6 Å². The molecule has 33 heavy (non-hydrogen) atoms. The molecule has 7 heteroatoms. The number of hydrogen-bond acceptors (Lipinski definition) is 3. The van der Waals surface area contributed by atoms with Crippen LogP contribution in [0.15, 0.2) is 60.8 Å². The first kappa shape index (κ1) is 22.6. The van der Waals surface area contributed by atoms with Crippen molar-refractivity contribution in [1.29, 1.82) is 0 Å². The van der Waals surface area contributed by atoms with Crippen LogP contribution in [0.1, 0.15) is 31.9 Å². The van der Waals surface area contributed by atoms with Crippen LogP contribution >= 0.6 is 0 Å². The molecule has 2 unspecified atom stereocenters. The van der Waals surface area contributed by atoms with Crippen molar-refractivity contribution in [3.8, 4) is 0 Å². The van der Waals surface area contributed by atoms with Gasteiger partial charge >= 0.3 is 0 Å². The maximum atomic E-state index is 13.6. The molecule has 2 atom stereocenters. The molecule has 0 aliphatic carbocycles. The van der Waals surface area contributed by atoms with E-state index in [4.69, 9.17) is 0 Å². The van der Waals surface area contributed by atoms with E-state index in [1.165, 1.54) is 4.90 Å². The van der Waals surface area contributed by atoms with Crippen molar-refractivity contribution in [1.82, 2.24) is 20.5 Å². The summed E-state index contributed by atoms with van der Waals surface area (Å²) in [4.78, 5) is 44.1. The molecule has 1 aliphatic heterocycles. The lowest BCUT2D eigenvalue weighted by atomic mass is 9.96. The summed E-state index contributed by atoms with van der Waals surface area (Å²) >= 11 is 0. The van der Waals surface area contributed by atoms with Crippen LogP contribution in [0.5, 0.6) is 0 Å². The third kappa shape index (κ3) is 5.25. The third-order valence-electron chi connectivity index (χ3n) is 5.78. The van der Waals surface area contributed by atoms with E-state index in [9.17, 15) is 14.4 Å². The number of carbonyl (C=O) groups is 3. The lowest BCUT2D eigenvalue weighted by Gasteiger charge is -2.39. The number of amides is 3. The zero-order valence-corrected chi connectivity index (χ0v) is 19.2. The molecule has 0 spiro atoms. The highest BCUT2D eigenvalue weighted by Crippen LogP contribution is 2.22. The highest BCUT2D eigenvalue weighted by atomic mass is 16.2. The van der Waals surface area contributed by atoms with Crippen molar-refractivity contribution >= 4 is 28.6 Å². The molecular weight excluding hydrogens is 416 g/mol. The molecule has 1 fully saturated rings. The minimum atomic E-state index is -0.746. The second kappa shape index (κ2) is 9.10. The van der Waals surface area contributed by atoms with E-state index >= 15 is 0 Å². The Morgan fingerprint density at radius 1 is 1.00 bits per heavy atom. The molecule has 7 nitrogen and oxygen atoms in total. The quantitative estimate of drug-likeness (QED) is 0.543. The molecular formula is C26H30N4O3. The molecule has 0 bridgehead atoms. The van der Waals surface area contributed by atoms with Gasteiger partial charge in [0.2, 0.25) is 17.7 Å². The second-order valence-corrected chi connectivity index (χ2v) is 9.59. The molecule has 3 amide bonds. The van der Waals surface area contributed by atoms with Gasteiger partial charge in [-0.1, -0.05) is 48.5 Å². The predicted molar refractivity (Wildman–Crippen MR) is 127 cm³/mol.